The summed E-state index contributed by atoms with van der Waals surface area (Å²) in [6.45, 7) is 0.202. The van der Waals surface area contributed by atoms with Crippen molar-refractivity contribution in [2.24, 2.45) is 5.73 Å². The van der Waals surface area contributed by atoms with Crippen LogP contribution in [0.4, 0.5) is 8.78 Å². The zero-order chi connectivity index (χ0) is 12.2. The monoisotopic (exact) mass is 301 g/mol. The van der Waals surface area contributed by atoms with Crippen molar-refractivity contribution in [1.82, 2.24) is 0 Å². The van der Waals surface area contributed by atoms with E-state index in [9.17, 15) is 8.78 Å². The smallest absolute Gasteiger partial charge is 0.201 e. The predicted octanol–water partition coefficient (Wildman–Crippen LogP) is 3.81. The molecule has 5 heteroatoms. The molecule has 2 nitrogen and oxygen atoms in total. The first-order valence-electron chi connectivity index (χ1n) is 5.42. The number of hydrogen-bond donors (Lipinski definition) is 1. The standard InChI is InChI=1S/C12H10BrF2NO/c13-6-3-7(14)11(15)12-10(6)9(5-1-2-5)8(4-16)17-12/h3,5H,1-2,4,16H2. The molecule has 17 heavy (non-hydrogen) atoms. The van der Waals surface area contributed by atoms with E-state index in [0.717, 1.165) is 24.5 Å². The molecular weight excluding hydrogens is 292 g/mol. The van der Waals surface area contributed by atoms with E-state index >= 15 is 0 Å². The van der Waals surface area contributed by atoms with Crippen LogP contribution in [0.2, 0.25) is 0 Å². The SMILES string of the molecule is NCc1oc2c(F)c(F)cc(Br)c2c1C1CC1. The van der Waals surface area contributed by atoms with Gasteiger partial charge in [-0.3, -0.25) is 0 Å². The van der Waals surface area contributed by atoms with E-state index < -0.39 is 11.6 Å². The largest absolute Gasteiger partial charge is 0.456 e. The van der Waals surface area contributed by atoms with Crippen LogP contribution in [0, 0.1) is 11.6 Å². The molecule has 2 aromatic rings. The quantitative estimate of drug-likeness (QED) is 0.857. The van der Waals surface area contributed by atoms with Gasteiger partial charge in [0.15, 0.2) is 11.4 Å². The maximum atomic E-state index is 13.7. The van der Waals surface area contributed by atoms with Crippen molar-refractivity contribution in [3.63, 3.8) is 0 Å². The third kappa shape index (κ3) is 1.60. The summed E-state index contributed by atoms with van der Waals surface area (Å²) >= 11 is 3.26. The Morgan fingerprint density at radius 1 is 1.41 bits per heavy atom. The molecule has 0 saturated heterocycles. The van der Waals surface area contributed by atoms with E-state index in [1.165, 1.54) is 0 Å². The molecule has 1 saturated carbocycles. The summed E-state index contributed by atoms with van der Waals surface area (Å²) < 4.78 is 32.8. The second kappa shape index (κ2) is 3.78. The van der Waals surface area contributed by atoms with Crippen LogP contribution in [-0.4, -0.2) is 0 Å². The van der Waals surface area contributed by atoms with E-state index in [2.05, 4.69) is 15.9 Å². The molecule has 0 bridgehead atoms. The van der Waals surface area contributed by atoms with Crippen molar-refractivity contribution < 1.29 is 13.2 Å². The molecule has 2 N–H and O–H groups in total. The van der Waals surface area contributed by atoms with E-state index in [1.54, 1.807) is 0 Å². The summed E-state index contributed by atoms with van der Waals surface area (Å²) in [5, 5.41) is 0.631. The van der Waals surface area contributed by atoms with Crippen LogP contribution in [0.25, 0.3) is 11.0 Å². The van der Waals surface area contributed by atoms with E-state index in [0.29, 0.717) is 21.5 Å². The lowest BCUT2D eigenvalue weighted by Gasteiger charge is -2.00. The molecule has 90 valence electrons. The van der Waals surface area contributed by atoms with Crippen LogP contribution in [0.1, 0.15) is 30.1 Å². The number of hydrogen-bond acceptors (Lipinski definition) is 2. The van der Waals surface area contributed by atoms with Gasteiger partial charge in [0.25, 0.3) is 0 Å². The average Bonchev–Trinajstić information content (AvgIpc) is 3.06. The topological polar surface area (TPSA) is 39.2 Å². The van der Waals surface area contributed by atoms with Crippen molar-refractivity contribution in [1.29, 1.82) is 0 Å². The predicted molar refractivity (Wildman–Crippen MR) is 63.7 cm³/mol. The lowest BCUT2D eigenvalue weighted by molar-refractivity contribution is 0.477. The Hall–Kier alpha value is -0.940. The summed E-state index contributed by atoms with van der Waals surface area (Å²) in [6, 6.07) is 1.14. The molecule has 1 heterocycles. The number of nitrogens with two attached hydrogens (primary N) is 1. The Balaban J connectivity index is 2.40. The van der Waals surface area contributed by atoms with Crippen LogP contribution >= 0.6 is 15.9 Å². The van der Waals surface area contributed by atoms with E-state index in [4.69, 9.17) is 10.2 Å². The maximum Gasteiger partial charge on any atom is 0.201 e. The first-order valence-corrected chi connectivity index (χ1v) is 6.21. The second-order valence-corrected chi connectivity index (χ2v) is 5.13. The second-order valence-electron chi connectivity index (χ2n) is 4.28. The highest BCUT2D eigenvalue weighted by molar-refractivity contribution is 9.10. The summed E-state index contributed by atoms with van der Waals surface area (Å²) in [5.41, 5.74) is 6.50. The number of benzene rings is 1. The van der Waals surface area contributed by atoms with E-state index in [1.807, 2.05) is 0 Å². The van der Waals surface area contributed by atoms with Crippen LogP contribution in [0.5, 0.6) is 0 Å². The van der Waals surface area contributed by atoms with Gasteiger partial charge >= 0.3 is 0 Å². The summed E-state index contributed by atoms with van der Waals surface area (Å²) in [6.07, 6.45) is 2.10. The Bertz CT molecular complexity index is 604. The van der Waals surface area contributed by atoms with Crippen LogP contribution in [0.3, 0.4) is 0 Å². The van der Waals surface area contributed by atoms with E-state index in [-0.39, 0.29) is 12.1 Å². The van der Waals surface area contributed by atoms with Gasteiger partial charge in [0, 0.05) is 15.4 Å². The Kier molecular flexibility index (Phi) is 2.48. The van der Waals surface area contributed by atoms with Gasteiger partial charge in [0.2, 0.25) is 5.82 Å². The molecule has 0 unspecified atom stereocenters. The summed E-state index contributed by atoms with van der Waals surface area (Å²) in [7, 11) is 0. The Morgan fingerprint density at radius 2 is 2.12 bits per heavy atom. The molecule has 1 aromatic heterocycles. The third-order valence-corrected chi connectivity index (χ3v) is 3.72. The summed E-state index contributed by atoms with van der Waals surface area (Å²) in [4.78, 5) is 0. The molecule has 1 fully saturated rings. The van der Waals surface area contributed by atoms with Crippen LogP contribution < -0.4 is 5.73 Å². The minimum Gasteiger partial charge on any atom is -0.456 e. The molecule has 0 radical (unpaired) electrons. The normalized spacial score (nSPS) is 15.8. The number of fused-ring (bicyclic) bond motifs is 1. The number of rotatable bonds is 2. The number of halogens is 3. The fraction of sp³-hybridized carbons (Fsp3) is 0.333. The lowest BCUT2D eigenvalue weighted by Crippen LogP contribution is -1.97. The maximum absolute atomic E-state index is 13.7. The minimum atomic E-state index is -0.940. The summed E-state index contributed by atoms with van der Waals surface area (Å²) in [5.74, 6) is -0.919. The van der Waals surface area contributed by atoms with Crippen molar-refractivity contribution in [3.8, 4) is 0 Å². The Morgan fingerprint density at radius 3 is 2.71 bits per heavy atom. The third-order valence-electron chi connectivity index (χ3n) is 3.09. The highest BCUT2D eigenvalue weighted by Gasteiger charge is 2.32. The van der Waals surface area contributed by atoms with Crippen LogP contribution in [-0.2, 0) is 6.54 Å². The molecule has 3 rings (SSSR count). The molecule has 0 amide bonds. The van der Waals surface area contributed by atoms with Gasteiger partial charge in [-0.15, -0.1) is 0 Å². The fourth-order valence-electron chi connectivity index (χ4n) is 2.19. The first-order chi connectivity index (χ1) is 8.13. The molecular formula is C12H10BrF2NO. The minimum absolute atomic E-state index is 0.0285. The fourth-order valence-corrected chi connectivity index (χ4v) is 2.79. The lowest BCUT2D eigenvalue weighted by atomic mass is 10.1. The van der Waals surface area contributed by atoms with Crippen molar-refractivity contribution in [2.75, 3.05) is 0 Å². The van der Waals surface area contributed by atoms with Gasteiger partial charge in [-0.05, 0) is 40.8 Å². The van der Waals surface area contributed by atoms with Crippen LogP contribution in [0.15, 0.2) is 15.0 Å². The van der Waals surface area contributed by atoms with Gasteiger partial charge in [0.05, 0.1) is 6.54 Å². The van der Waals surface area contributed by atoms with Gasteiger partial charge < -0.3 is 10.2 Å². The van der Waals surface area contributed by atoms with Gasteiger partial charge in [-0.25, -0.2) is 4.39 Å². The highest BCUT2D eigenvalue weighted by atomic mass is 79.9. The first kappa shape index (κ1) is 11.2. The Labute approximate surface area is 105 Å². The zero-order valence-corrected chi connectivity index (χ0v) is 10.5. The van der Waals surface area contributed by atoms with Gasteiger partial charge in [-0.2, -0.15) is 4.39 Å². The molecule has 1 aromatic carbocycles. The van der Waals surface area contributed by atoms with Crippen molar-refractivity contribution >= 4 is 26.9 Å². The molecule has 0 atom stereocenters. The van der Waals surface area contributed by atoms with Gasteiger partial charge in [-0.1, -0.05) is 0 Å². The average molecular weight is 302 g/mol. The van der Waals surface area contributed by atoms with Gasteiger partial charge in [0.1, 0.15) is 5.76 Å². The zero-order valence-electron chi connectivity index (χ0n) is 8.90. The number of furan rings is 1. The molecule has 0 spiro atoms. The molecule has 0 aliphatic heterocycles. The molecule has 1 aliphatic rings. The molecule has 1 aliphatic carbocycles. The highest BCUT2D eigenvalue weighted by Crippen LogP contribution is 2.48. The van der Waals surface area contributed by atoms with Crippen molar-refractivity contribution in [2.45, 2.75) is 25.3 Å². The van der Waals surface area contributed by atoms with Crippen molar-refractivity contribution in [3.05, 3.63) is 33.5 Å².